The van der Waals surface area contributed by atoms with E-state index >= 15 is 0 Å². The summed E-state index contributed by atoms with van der Waals surface area (Å²) < 4.78 is 53.3. The number of alkyl halides is 3. The fourth-order valence-electron chi connectivity index (χ4n) is 4.21. The molecule has 0 aliphatic heterocycles. The lowest BCUT2D eigenvalue weighted by molar-refractivity contribution is -0.137. The van der Waals surface area contributed by atoms with E-state index in [2.05, 4.69) is 9.97 Å². The Morgan fingerprint density at radius 2 is 1.44 bits per heavy atom. The number of anilines is 1. The zero-order chi connectivity index (χ0) is 27.6. The van der Waals surface area contributed by atoms with Gasteiger partial charge in [-0.05, 0) is 41.0 Å². The summed E-state index contributed by atoms with van der Waals surface area (Å²) in [6, 6.07) is 21.2. The van der Waals surface area contributed by atoms with E-state index < -0.39 is 17.4 Å². The van der Waals surface area contributed by atoms with E-state index in [-0.39, 0.29) is 37.2 Å². The van der Waals surface area contributed by atoms with Crippen LogP contribution in [0.5, 0.6) is 11.6 Å². The summed E-state index contributed by atoms with van der Waals surface area (Å²) in [5, 5.41) is 0. The van der Waals surface area contributed by atoms with Gasteiger partial charge >= 0.3 is 11.9 Å². The topological polar surface area (TPSA) is 97.2 Å². The molecule has 0 atom stereocenters. The molecule has 0 aliphatic carbocycles. The molecule has 0 fully saturated rings. The highest BCUT2D eigenvalue weighted by molar-refractivity contribution is 5.79. The van der Waals surface area contributed by atoms with Crippen molar-refractivity contribution in [2.24, 2.45) is 0 Å². The van der Waals surface area contributed by atoms with Crippen LogP contribution in [0, 0.1) is 0 Å². The van der Waals surface area contributed by atoms with Crippen molar-refractivity contribution in [2.45, 2.75) is 25.9 Å². The van der Waals surface area contributed by atoms with E-state index in [0.29, 0.717) is 16.8 Å². The van der Waals surface area contributed by atoms with Gasteiger partial charge in [-0.1, -0.05) is 54.6 Å². The van der Waals surface area contributed by atoms with Gasteiger partial charge in [0.25, 0.3) is 0 Å². The van der Waals surface area contributed by atoms with Crippen LogP contribution in [0.2, 0.25) is 0 Å². The second kappa shape index (κ2) is 10.5. The van der Waals surface area contributed by atoms with Crippen LogP contribution in [0.1, 0.15) is 22.3 Å². The number of ether oxygens (including phenoxy) is 2. The Bertz CT molecular complexity index is 1650. The molecular formula is C28H24F3N5O3. The van der Waals surface area contributed by atoms with Crippen LogP contribution in [0.3, 0.4) is 0 Å². The molecule has 8 nitrogen and oxygen atoms in total. The van der Waals surface area contributed by atoms with Gasteiger partial charge in [0.05, 0.1) is 25.8 Å². The molecule has 200 valence electrons. The molecule has 0 spiro atoms. The zero-order valence-corrected chi connectivity index (χ0v) is 20.9. The minimum Gasteiger partial charge on any atom is -0.497 e. The van der Waals surface area contributed by atoms with Gasteiger partial charge in [0.2, 0.25) is 11.8 Å². The van der Waals surface area contributed by atoms with E-state index in [0.717, 1.165) is 23.3 Å². The zero-order valence-electron chi connectivity index (χ0n) is 20.9. The van der Waals surface area contributed by atoms with Crippen molar-refractivity contribution >= 4 is 17.1 Å². The van der Waals surface area contributed by atoms with Gasteiger partial charge < -0.3 is 15.2 Å². The quantitative estimate of drug-likeness (QED) is 0.304. The molecule has 39 heavy (non-hydrogen) atoms. The van der Waals surface area contributed by atoms with Crippen molar-refractivity contribution in [2.75, 3.05) is 12.8 Å². The first-order chi connectivity index (χ1) is 18.7. The number of benzene rings is 3. The molecule has 2 heterocycles. The summed E-state index contributed by atoms with van der Waals surface area (Å²) in [4.78, 5) is 22.3. The standard InChI is InChI=1S/C28H24F3N5O3/c1-38-22-13-9-19(10-14-22)16-36-24-23(25(34-26(32)33-24)39-17-20-5-3-2-4-6-20)35(27(36)37)15-18-7-11-21(12-8-18)28(29,30)31/h2-14H,15-17H2,1H3,(H2,32,33,34). The Labute approximate surface area is 221 Å². The second-order valence-electron chi connectivity index (χ2n) is 8.83. The van der Waals surface area contributed by atoms with Gasteiger partial charge in [-0.25, -0.2) is 4.79 Å². The molecular weight excluding hydrogens is 511 g/mol. The SMILES string of the molecule is COc1ccc(Cn2c(=O)n(Cc3ccc(C(F)(F)F)cc3)c3c(OCc4ccccc4)nc(N)nc32)cc1. The van der Waals surface area contributed by atoms with Gasteiger partial charge in [-0.2, -0.15) is 23.1 Å². The Kier molecular flexibility index (Phi) is 6.97. The molecule has 0 unspecified atom stereocenters. The molecule has 0 saturated heterocycles. The van der Waals surface area contributed by atoms with E-state index in [1.54, 1.807) is 19.2 Å². The first-order valence-corrected chi connectivity index (χ1v) is 12.0. The molecule has 0 amide bonds. The van der Waals surface area contributed by atoms with Crippen LogP contribution < -0.4 is 20.9 Å². The van der Waals surface area contributed by atoms with Crippen LogP contribution in [0.25, 0.3) is 11.2 Å². The third kappa shape index (κ3) is 5.57. The number of nitrogen functional groups attached to an aromatic ring is 1. The van der Waals surface area contributed by atoms with Crippen molar-refractivity contribution in [1.29, 1.82) is 0 Å². The van der Waals surface area contributed by atoms with Crippen molar-refractivity contribution in [1.82, 2.24) is 19.1 Å². The average Bonchev–Trinajstić information content (AvgIpc) is 3.18. The summed E-state index contributed by atoms with van der Waals surface area (Å²) in [7, 11) is 1.56. The summed E-state index contributed by atoms with van der Waals surface area (Å²) >= 11 is 0. The lowest BCUT2D eigenvalue weighted by Gasteiger charge is -2.11. The Balaban J connectivity index is 1.60. The summed E-state index contributed by atoms with van der Waals surface area (Å²) in [6.07, 6.45) is -4.46. The highest BCUT2D eigenvalue weighted by Crippen LogP contribution is 2.30. The van der Waals surface area contributed by atoms with Crippen LogP contribution in [-0.4, -0.2) is 26.2 Å². The summed E-state index contributed by atoms with van der Waals surface area (Å²) in [5.74, 6) is 0.679. The number of halogens is 3. The first-order valence-electron chi connectivity index (χ1n) is 12.0. The highest BCUT2D eigenvalue weighted by Gasteiger charge is 2.30. The third-order valence-corrected chi connectivity index (χ3v) is 6.18. The number of rotatable bonds is 8. The van der Waals surface area contributed by atoms with E-state index in [1.165, 1.54) is 21.3 Å². The number of hydrogen-bond donors (Lipinski definition) is 1. The normalized spacial score (nSPS) is 11.6. The number of methoxy groups -OCH3 is 1. The molecule has 2 N–H and O–H groups in total. The van der Waals surface area contributed by atoms with Gasteiger partial charge in [0, 0.05) is 0 Å². The smallest absolute Gasteiger partial charge is 0.416 e. The largest absolute Gasteiger partial charge is 0.497 e. The minimum atomic E-state index is -4.46. The van der Waals surface area contributed by atoms with Crippen molar-refractivity contribution in [3.05, 3.63) is 112 Å². The fourth-order valence-corrected chi connectivity index (χ4v) is 4.21. The fraction of sp³-hybridized carbons (Fsp3) is 0.179. The van der Waals surface area contributed by atoms with E-state index in [9.17, 15) is 18.0 Å². The number of aromatic nitrogens is 4. The van der Waals surface area contributed by atoms with Crippen LogP contribution in [0.4, 0.5) is 19.1 Å². The predicted octanol–water partition coefficient (Wildman–Crippen LogP) is 4.88. The number of imidazole rings is 1. The van der Waals surface area contributed by atoms with Gasteiger partial charge in [-0.15, -0.1) is 0 Å². The number of nitrogens with zero attached hydrogens (tertiary/aromatic N) is 4. The first kappa shape index (κ1) is 25.8. The van der Waals surface area contributed by atoms with Crippen molar-refractivity contribution in [3.8, 4) is 11.6 Å². The maximum atomic E-state index is 13.7. The number of fused-ring (bicyclic) bond motifs is 1. The van der Waals surface area contributed by atoms with Gasteiger partial charge in [0.15, 0.2) is 11.2 Å². The Morgan fingerprint density at radius 3 is 2.05 bits per heavy atom. The van der Waals surface area contributed by atoms with Crippen LogP contribution in [0.15, 0.2) is 83.7 Å². The lowest BCUT2D eigenvalue weighted by atomic mass is 10.1. The molecule has 0 bridgehead atoms. The van der Waals surface area contributed by atoms with Crippen molar-refractivity contribution < 1.29 is 22.6 Å². The third-order valence-electron chi connectivity index (χ3n) is 6.18. The van der Waals surface area contributed by atoms with Gasteiger partial charge in [-0.3, -0.25) is 9.13 Å². The molecule has 3 aromatic carbocycles. The monoisotopic (exact) mass is 535 g/mol. The molecule has 2 aromatic heterocycles. The maximum absolute atomic E-state index is 13.7. The van der Waals surface area contributed by atoms with Crippen LogP contribution in [-0.2, 0) is 25.9 Å². The molecule has 0 radical (unpaired) electrons. The predicted molar refractivity (Wildman–Crippen MR) is 140 cm³/mol. The summed E-state index contributed by atoms with van der Waals surface area (Å²) in [5.41, 5.74) is 7.50. The average molecular weight is 536 g/mol. The Morgan fingerprint density at radius 1 is 0.821 bits per heavy atom. The molecule has 0 aliphatic rings. The number of hydrogen-bond acceptors (Lipinski definition) is 6. The highest BCUT2D eigenvalue weighted by atomic mass is 19.4. The van der Waals surface area contributed by atoms with Crippen molar-refractivity contribution in [3.63, 3.8) is 0 Å². The molecule has 5 rings (SSSR count). The maximum Gasteiger partial charge on any atom is 0.416 e. The molecule has 0 saturated carbocycles. The minimum absolute atomic E-state index is 0.0297. The second-order valence-corrected chi connectivity index (χ2v) is 8.83. The lowest BCUT2D eigenvalue weighted by Crippen LogP contribution is -2.25. The van der Waals surface area contributed by atoms with Crippen LogP contribution >= 0.6 is 0 Å². The summed E-state index contributed by atoms with van der Waals surface area (Å²) in [6.45, 7) is 0.288. The molecule has 11 heteroatoms. The molecule has 5 aromatic rings. The number of nitrogens with two attached hydrogens (primary N) is 1. The Hall–Kier alpha value is -4.80. The van der Waals surface area contributed by atoms with E-state index in [4.69, 9.17) is 15.2 Å². The van der Waals surface area contributed by atoms with Gasteiger partial charge in [0.1, 0.15) is 12.4 Å². The van der Waals surface area contributed by atoms with E-state index in [1.807, 2.05) is 42.5 Å².